The highest BCUT2D eigenvalue weighted by Crippen LogP contribution is 1.95. The van der Waals surface area contributed by atoms with Crippen LogP contribution in [0.15, 0.2) is 0 Å². The van der Waals surface area contributed by atoms with E-state index in [0.29, 0.717) is 12.5 Å². The van der Waals surface area contributed by atoms with Gasteiger partial charge in [0, 0.05) is 6.42 Å². The quantitative estimate of drug-likeness (QED) is 0.521. The summed E-state index contributed by atoms with van der Waals surface area (Å²) in [4.78, 5) is 30.0. The molecule has 1 amide bonds. The maximum absolute atomic E-state index is 10.7. The van der Waals surface area contributed by atoms with Crippen LogP contribution in [0, 0.1) is 5.92 Å². The Morgan fingerprint density at radius 1 is 1.35 bits per heavy atom. The number of amides is 1. The fourth-order valence-corrected chi connectivity index (χ4v) is 0.509. The lowest BCUT2D eigenvalue weighted by Crippen LogP contribution is -2.21. The molecule has 0 fully saturated rings. The second-order valence-corrected chi connectivity index (χ2v) is 3.45. The fraction of sp³-hybridized carbons (Fsp3) is 0.700. The molecule has 0 saturated heterocycles. The van der Waals surface area contributed by atoms with Gasteiger partial charge in [-0.15, -0.1) is 12.4 Å². The molecule has 0 aliphatic rings. The lowest BCUT2D eigenvalue weighted by molar-refractivity contribution is -0.145. The highest BCUT2D eigenvalue weighted by Gasteiger charge is 2.02. The van der Waals surface area contributed by atoms with Gasteiger partial charge >= 0.3 is 5.97 Å². The third kappa shape index (κ3) is 25.3. The first-order valence-corrected chi connectivity index (χ1v) is 5.01. The van der Waals surface area contributed by atoms with Gasteiger partial charge in [-0.25, -0.2) is 0 Å². The molecule has 0 aromatic heterocycles. The van der Waals surface area contributed by atoms with E-state index in [4.69, 9.17) is 10.5 Å². The number of carbonyl (C=O) groups is 3. The molecule has 0 rings (SSSR count). The van der Waals surface area contributed by atoms with E-state index in [2.05, 4.69) is 5.73 Å². The number of rotatable bonds is 6. The summed E-state index contributed by atoms with van der Waals surface area (Å²) in [6, 6.07) is 0. The molecular formula is C10H21ClN2O4. The van der Waals surface area contributed by atoms with Crippen molar-refractivity contribution in [3.63, 3.8) is 0 Å². The number of halogens is 1. The normalized spacial score (nSPS) is 8.47. The van der Waals surface area contributed by atoms with Crippen LogP contribution in [0.5, 0.6) is 0 Å². The molecule has 0 aliphatic carbocycles. The zero-order valence-corrected chi connectivity index (χ0v) is 11.0. The van der Waals surface area contributed by atoms with E-state index in [1.807, 2.05) is 13.8 Å². The number of hydrogen-bond donors (Lipinski definition) is 2. The smallest absolute Gasteiger partial charge is 0.306 e. The highest BCUT2D eigenvalue weighted by atomic mass is 35.5. The van der Waals surface area contributed by atoms with Gasteiger partial charge in [0.1, 0.15) is 6.29 Å². The van der Waals surface area contributed by atoms with E-state index < -0.39 is 5.91 Å². The van der Waals surface area contributed by atoms with Crippen molar-refractivity contribution in [1.29, 1.82) is 0 Å². The lowest BCUT2D eigenvalue weighted by atomic mass is 10.2. The number of carbonyl (C=O) groups excluding carboxylic acids is 3. The lowest BCUT2D eigenvalue weighted by Gasteiger charge is -2.05. The zero-order valence-electron chi connectivity index (χ0n) is 10.2. The Labute approximate surface area is 107 Å². The van der Waals surface area contributed by atoms with Crippen molar-refractivity contribution in [1.82, 2.24) is 0 Å². The van der Waals surface area contributed by atoms with Crippen molar-refractivity contribution in [2.75, 3.05) is 13.2 Å². The van der Waals surface area contributed by atoms with Crippen LogP contribution in [0.3, 0.4) is 0 Å². The first kappa shape index (κ1) is 21.2. The van der Waals surface area contributed by atoms with Crippen molar-refractivity contribution in [2.24, 2.45) is 17.4 Å². The Bertz CT molecular complexity index is 222. The summed E-state index contributed by atoms with van der Waals surface area (Å²) >= 11 is 0. The van der Waals surface area contributed by atoms with Gasteiger partial charge in [-0.05, 0) is 5.92 Å². The van der Waals surface area contributed by atoms with E-state index >= 15 is 0 Å². The van der Waals surface area contributed by atoms with E-state index in [-0.39, 0.29) is 37.8 Å². The zero-order chi connectivity index (χ0) is 13.0. The SMILES string of the molecule is CC(C)COC(=O)CCC=O.Cl.NCC(N)=O. The number of nitrogens with two attached hydrogens (primary N) is 2. The van der Waals surface area contributed by atoms with Crippen LogP contribution >= 0.6 is 12.4 Å². The summed E-state index contributed by atoms with van der Waals surface area (Å²) in [5.74, 6) is -0.397. The fourth-order valence-electron chi connectivity index (χ4n) is 0.509. The van der Waals surface area contributed by atoms with Crippen LogP contribution in [0.4, 0.5) is 0 Å². The van der Waals surface area contributed by atoms with Crippen molar-refractivity contribution < 1.29 is 19.1 Å². The molecule has 0 aromatic rings. The van der Waals surface area contributed by atoms with Gasteiger partial charge in [-0.1, -0.05) is 13.8 Å². The van der Waals surface area contributed by atoms with Gasteiger partial charge in [0.25, 0.3) is 0 Å². The predicted octanol–water partition coefficient (Wildman–Crippen LogP) is 0.0169. The molecule has 4 N–H and O–H groups in total. The Hall–Kier alpha value is -1.14. The van der Waals surface area contributed by atoms with Gasteiger partial charge in [-0.2, -0.15) is 0 Å². The third-order valence-electron chi connectivity index (χ3n) is 1.25. The first-order chi connectivity index (χ1) is 7.43. The molecule has 0 heterocycles. The molecule has 0 saturated carbocycles. The Morgan fingerprint density at radius 3 is 2.12 bits per heavy atom. The molecule has 7 heteroatoms. The summed E-state index contributed by atoms with van der Waals surface area (Å²) in [5.41, 5.74) is 9.22. The standard InChI is InChI=1S/C8H14O3.C2H6N2O.ClH/c1-7(2)6-11-8(10)4-3-5-9;3-1-2(4)5;/h5,7H,3-4,6H2,1-2H3;1,3H2,(H2,4,5);1H. The molecule has 0 aromatic carbocycles. The van der Waals surface area contributed by atoms with Crippen molar-refractivity contribution in [3.8, 4) is 0 Å². The summed E-state index contributed by atoms with van der Waals surface area (Å²) in [7, 11) is 0. The molecule has 102 valence electrons. The van der Waals surface area contributed by atoms with Crippen LogP contribution in [0.25, 0.3) is 0 Å². The van der Waals surface area contributed by atoms with Crippen LogP contribution in [0.1, 0.15) is 26.7 Å². The minimum atomic E-state index is -0.468. The molecule has 0 atom stereocenters. The molecule has 0 spiro atoms. The van der Waals surface area contributed by atoms with Gasteiger partial charge in [0.15, 0.2) is 0 Å². The molecular weight excluding hydrogens is 248 g/mol. The third-order valence-corrected chi connectivity index (χ3v) is 1.25. The van der Waals surface area contributed by atoms with E-state index in [1.165, 1.54) is 0 Å². The molecule has 6 nitrogen and oxygen atoms in total. The average molecular weight is 269 g/mol. The molecule has 0 aliphatic heterocycles. The topological polar surface area (TPSA) is 112 Å². The molecule has 0 radical (unpaired) electrons. The summed E-state index contributed by atoms with van der Waals surface area (Å²) in [6.07, 6.45) is 1.18. The van der Waals surface area contributed by atoms with Crippen LogP contribution in [0.2, 0.25) is 0 Å². The van der Waals surface area contributed by atoms with E-state index in [0.717, 1.165) is 6.29 Å². The van der Waals surface area contributed by atoms with Crippen molar-refractivity contribution in [2.45, 2.75) is 26.7 Å². The van der Waals surface area contributed by atoms with Gasteiger partial charge < -0.3 is 21.0 Å². The second kappa shape index (κ2) is 14.9. The number of ether oxygens (including phenoxy) is 1. The first-order valence-electron chi connectivity index (χ1n) is 5.01. The molecule has 0 unspecified atom stereocenters. The Kier molecular flexibility index (Phi) is 18.5. The largest absolute Gasteiger partial charge is 0.465 e. The van der Waals surface area contributed by atoms with Crippen molar-refractivity contribution in [3.05, 3.63) is 0 Å². The van der Waals surface area contributed by atoms with Crippen LogP contribution in [-0.2, 0) is 19.1 Å². The van der Waals surface area contributed by atoms with E-state index in [1.54, 1.807) is 0 Å². The minimum Gasteiger partial charge on any atom is -0.465 e. The van der Waals surface area contributed by atoms with Gasteiger partial charge in [-0.3, -0.25) is 9.59 Å². The molecule has 0 bridgehead atoms. The predicted molar refractivity (Wildman–Crippen MR) is 66.6 cm³/mol. The summed E-state index contributed by atoms with van der Waals surface area (Å²) < 4.78 is 4.81. The Balaban J connectivity index is -0.000000280. The second-order valence-electron chi connectivity index (χ2n) is 3.45. The summed E-state index contributed by atoms with van der Waals surface area (Å²) in [5, 5.41) is 0. The van der Waals surface area contributed by atoms with Crippen LogP contribution < -0.4 is 11.5 Å². The monoisotopic (exact) mass is 268 g/mol. The van der Waals surface area contributed by atoms with Gasteiger partial charge in [0.05, 0.1) is 19.6 Å². The van der Waals surface area contributed by atoms with Gasteiger partial charge in [0.2, 0.25) is 5.91 Å². The highest BCUT2D eigenvalue weighted by molar-refractivity contribution is 5.85. The summed E-state index contributed by atoms with van der Waals surface area (Å²) in [6.45, 7) is 4.32. The maximum atomic E-state index is 10.7. The number of esters is 1. The average Bonchev–Trinajstić information content (AvgIpc) is 2.24. The number of hydrogen-bond acceptors (Lipinski definition) is 5. The van der Waals surface area contributed by atoms with Crippen molar-refractivity contribution >= 4 is 30.6 Å². The molecule has 17 heavy (non-hydrogen) atoms. The van der Waals surface area contributed by atoms with E-state index in [9.17, 15) is 14.4 Å². The Morgan fingerprint density at radius 2 is 1.82 bits per heavy atom. The number of aldehydes is 1. The number of primary amides is 1. The minimum absolute atomic E-state index is 0. The maximum Gasteiger partial charge on any atom is 0.306 e. The van der Waals surface area contributed by atoms with Crippen LogP contribution in [-0.4, -0.2) is 31.3 Å².